The van der Waals surface area contributed by atoms with Crippen LogP contribution in [0.3, 0.4) is 0 Å². The van der Waals surface area contributed by atoms with Crippen molar-refractivity contribution >= 4 is 17.7 Å². The van der Waals surface area contributed by atoms with E-state index >= 15 is 0 Å². The highest BCUT2D eigenvalue weighted by Crippen LogP contribution is 2.55. The van der Waals surface area contributed by atoms with E-state index in [9.17, 15) is 14.4 Å². The lowest BCUT2D eigenvalue weighted by Crippen LogP contribution is -2.31. The molecule has 0 radical (unpaired) electrons. The van der Waals surface area contributed by atoms with Crippen molar-refractivity contribution < 1.29 is 23.9 Å². The summed E-state index contributed by atoms with van der Waals surface area (Å²) in [6.45, 7) is 5.99. The molecular weight excluding hydrogens is 308 g/mol. The van der Waals surface area contributed by atoms with Crippen LogP contribution in [-0.2, 0) is 23.9 Å². The van der Waals surface area contributed by atoms with Crippen molar-refractivity contribution in [3.8, 4) is 0 Å². The summed E-state index contributed by atoms with van der Waals surface area (Å²) in [6.07, 6.45) is 9.52. The molecule has 0 bridgehead atoms. The molecule has 1 atom stereocenters. The minimum absolute atomic E-state index is 0.0417. The van der Waals surface area contributed by atoms with Crippen LogP contribution in [0.2, 0.25) is 0 Å². The van der Waals surface area contributed by atoms with Gasteiger partial charge < -0.3 is 9.47 Å². The molecule has 136 valence electrons. The zero-order chi connectivity index (χ0) is 18.0. The Labute approximate surface area is 144 Å². The Balaban J connectivity index is 2.52. The molecule has 0 saturated heterocycles. The Hall–Kier alpha value is -1.65. The van der Waals surface area contributed by atoms with E-state index in [0.717, 1.165) is 19.3 Å². The normalized spacial score (nSPS) is 18.4. The number of ketones is 1. The van der Waals surface area contributed by atoms with E-state index in [2.05, 4.69) is 6.92 Å². The zero-order valence-corrected chi connectivity index (χ0v) is 15.1. The second-order valence-corrected chi connectivity index (χ2v) is 6.21. The van der Waals surface area contributed by atoms with Crippen molar-refractivity contribution in [2.45, 2.75) is 65.7 Å². The van der Waals surface area contributed by atoms with Gasteiger partial charge in [-0.1, -0.05) is 38.7 Å². The van der Waals surface area contributed by atoms with Crippen molar-refractivity contribution in [3.63, 3.8) is 0 Å². The van der Waals surface area contributed by atoms with E-state index in [1.54, 1.807) is 19.9 Å². The molecule has 1 aliphatic rings. The van der Waals surface area contributed by atoms with Gasteiger partial charge in [0.05, 0.1) is 13.2 Å². The molecule has 0 N–H and O–H groups in total. The first-order chi connectivity index (χ1) is 11.5. The summed E-state index contributed by atoms with van der Waals surface area (Å²) in [5.74, 6) is -1.37. The first kappa shape index (κ1) is 20.4. The Morgan fingerprint density at radius 1 is 0.958 bits per heavy atom. The number of carbonyl (C=O) groups excluding carboxylic acids is 3. The largest absolute Gasteiger partial charge is 0.465 e. The highest BCUT2D eigenvalue weighted by molar-refractivity contribution is 6.04. The van der Waals surface area contributed by atoms with Gasteiger partial charge in [-0.05, 0) is 32.8 Å². The van der Waals surface area contributed by atoms with Crippen LogP contribution in [-0.4, -0.2) is 30.9 Å². The maximum Gasteiger partial charge on any atom is 0.324 e. The number of hydrogen-bond acceptors (Lipinski definition) is 5. The quantitative estimate of drug-likeness (QED) is 0.235. The fraction of sp³-hybridized carbons (Fsp3) is 0.737. The molecule has 1 rings (SSSR count). The molecule has 0 aromatic carbocycles. The standard InChI is InChI=1S/C19H30O5/c1-4-7-8-9-10-11-16(20)13-12-15-14-19(15,17(21)23-5-2)18(22)24-6-3/h12-13,15H,4-11,14H2,1-3H3. The van der Waals surface area contributed by atoms with Crippen LogP contribution in [0.15, 0.2) is 12.2 Å². The van der Waals surface area contributed by atoms with Crippen LogP contribution in [0.1, 0.15) is 65.7 Å². The van der Waals surface area contributed by atoms with E-state index in [0.29, 0.717) is 12.8 Å². The average Bonchev–Trinajstić information content (AvgIpc) is 3.29. The molecular formula is C19H30O5. The Bertz CT molecular complexity index is 448. The molecule has 0 heterocycles. The number of esters is 2. The maximum atomic E-state index is 12.1. The van der Waals surface area contributed by atoms with Crippen molar-refractivity contribution in [1.29, 1.82) is 0 Å². The van der Waals surface area contributed by atoms with E-state index in [-0.39, 0.29) is 24.9 Å². The number of allylic oxidation sites excluding steroid dienone is 2. The minimum Gasteiger partial charge on any atom is -0.465 e. The van der Waals surface area contributed by atoms with Crippen LogP contribution in [0.4, 0.5) is 0 Å². The molecule has 0 aromatic rings. The molecule has 1 fully saturated rings. The van der Waals surface area contributed by atoms with Gasteiger partial charge in [-0.2, -0.15) is 0 Å². The van der Waals surface area contributed by atoms with Crippen molar-refractivity contribution in [1.82, 2.24) is 0 Å². The number of carbonyl (C=O) groups is 3. The summed E-state index contributed by atoms with van der Waals surface area (Å²) in [7, 11) is 0. The van der Waals surface area contributed by atoms with E-state index < -0.39 is 17.4 Å². The summed E-state index contributed by atoms with van der Waals surface area (Å²) in [5, 5.41) is 0. The molecule has 1 aliphatic carbocycles. The lowest BCUT2D eigenvalue weighted by atomic mass is 10.0. The van der Waals surface area contributed by atoms with Gasteiger partial charge in [0.2, 0.25) is 0 Å². The number of rotatable bonds is 12. The van der Waals surface area contributed by atoms with Gasteiger partial charge in [-0.3, -0.25) is 14.4 Å². The lowest BCUT2D eigenvalue weighted by Gasteiger charge is -2.13. The number of unbranched alkanes of at least 4 members (excludes halogenated alkanes) is 4. The maximum absolute atomic E-state index is 12.1. The average molecular weight is 338 g/mol. The Kier molecular flexibility index (Phi) is 8.72. The second kappa shape index (κ2) is 10.3. The van der Waals surface area contributed by atoms with Gasteiger partial charge in [0.1, 0.15) is 0 Å². The van der Waals surface area contributed by atoms with Gasteiger partial charge in [0.15, 0.2) is 11.2 Å². The fourth-order valence-corrected chi connectivity index (χ4v) is 2.80. The molecule has 0 spiro atoms. The fourth-order valence-electron chi connectivity index (χ4n) is 2.80. The van der Waals surface area contributed by atoms with Gasteiger partial charge in [0.25, 0.3) is 0 Å². The van der Waals surface area contributed by atoms with Crippen molar-refractivity contribution in [2.24, 2.45) is 11.3 Å². The predicted molar refractivity (Wildman–Crippen MR) is 91.3 cm³/mol. The number of hydrogen-bond donors (Lipinski definition) is 0. The smallest absolute Gasteiger partial charge is 0.324 e. The monoisotopic (exact) mass is 338 g/mol. The topological polar surface area (TPSA) is 69.7 Å². The van der Waals surface area contributed by atoms with Gasteiger partial charge >= 0.3 is 11.9 Å². The molecule has 5 heteroatoms. The summed E-state index contributed by atoms with van der Waals surface area (Å²) < 4.78 is 10.0. The van der Waals surface area contributed by atoms with Crippen molar-refractivity contribution in [2.75, 3.05) is 13.2 Å². The third kappa shape index (κ3) is 5.46. The Morgan fingerprint density at radius 2 is 1.54 bits per heavy atom. The predicted octanol–water partition coefficient (Wildman–Crippen LogP) is 3.60. The first-order valence-corrected chi connectivity index (χ1v) is 9.08. The molecule has 0 amide bonds. The van der Waals surface area contributed by atoms with Crippen LogP contribution < -0.4 is 0 Å². The van der Waals surface area contributed by atoms with Crippen LogP contribution in [0.5, 0.6) is 0 Å². The van der Waals surface area contributed by atoms with Gasteiger partial charge in [-0.25, -0.2) is 0 Å². The highest BCUT2D eigenvalue weighted by atomic mass is 16.6. The minimum atomic E-state index is -1.25. The highest BCUT2D eigenvalue weighted by Gasteiger charge is 2.67. The van der Waals surface area contributed by atoms with E-state index in [1.165, 1.54) is 18.9 Å². The Morgan fingerprint density at radius 3 is 2.08 bits per heavy atom. The number of ether oxygens (including phenoxy) is 2. The summed E-state index contributed by atoms with van der Waals surface area (Å²) >= 11 is 0. The first-order valence-electron chi connectivity index (χ1n) is 9.08. The third-order valence-corrected chi connectivity index (χ3v) is 4.34. The molecule has 1 unspecified atom stereocenters. The van der Waals surface area contributed by atoms with Crippen LogP contribution >= 0.6 is 0 Å². The van der Waals surface area contributed by atoms with Gasteiger partial charge in [-0.15, -0.1) is 0 Å². The molecule has 0 aromatic heterocycles. The zero-order valence-electron chi connectivity index (χ0n) is 15.1. The van der Waals surface area contributed by atoms with E-state index in [4.69, 9.17) is 9.47 Å². The molecule has 0 aliphatic heterocycles. The third-order valence-electron chi connectivity index (χ3n) is 4.34. The lowest BCUT2D eigenvalue weighted by molar-refractivity contribution is -0.164. The molecule has 24 heavy (non-hydrogen) atoms. The van der Waals surface area contributed by atoms with E-state index in [1.807, 2.05) is 0 Å². The summed E-state index contributed by atoms with van der Waals surface area (Å²) in [6, 6.07) is 0. The SMILES string of the molecule is CCCCCCCC(=O)C=CC1CC1(C(=O)OCC)C(=O)OCC. The molecule has 1 saturated carbocycles. The van der Waals surface area contributed by atoms with Crippen LogP contribution in [0.25, 0.3) is 0 Å². The summed E-state index contributed by atoms with van der Waals surface area (Å²) in [5.41, 5.74) is -1.25. The van der Waals surface area contributed by atoms with Crippen LogP contribution in [0, 0.1) is 11.3 Å². The van der Waals surface area contributed by atoms with Crippen molar-refractivity contribution in [3.05, 3.63) is 12.2 Å². The van der Waals surface area contributed by atoms with Gasteiger partial charge in [0, 0.05) is 12.3 Å². The summed E-state index contributed by atoms with van der Waals surface area (Å²) in [4.78, 5) is 36.1. The molecule has 5 nitrogen and oxygen atoms in total. The second-order valence-electron chi connectivity index (χ2n) is 6.21.